The summed E-state index contributed by atoms with van der Waals surface area (Å²) in [5.41, 5.74) is 1.77. The molecule has 0 unspecified atom stereocenters. The van der Waals surface area contributed by atoms with Crippen LogP contribution in [0.25, 0.3) is 6.08 Å². The topological polar surface area (TPSA) is 72.9 Å². The predicted octanol–water partition coefficient (Wildman–Crippen LogP) is 2.27. The highest BCUT2D eigenvalue weighted by molar-refractivity contribution is 5.91. The summed E-state index contributed by atoms with van der Waals surface area (Å²) in [5, 5.41) is 2.86. The van der Waals surface area contributed by atoms with Crippen molar-refractivity contribution in [3.63, 3.8) is 0 Å². The third-order valence-electron chi connectivity index (χ3n) is 4.41. The summed E-state index contributed by atoms with van der Waals surface area (Å²) in [5.74, 6) is 2.10. The van der Waals surface area contributed by atoms with Crippen LogP contribution in [0, 0.1) is 0 Å². The van der Waals surface area contributed by atoms with E-state index in [4.69, 9.17) is 14.2 Å². The number of anilines is 1. The number of nitrogens with zero attached hydrogens (tertiary/aromatic N) is 2. The van der Waals surface area contributed by atoms with Crippen molar-refractivity contribution in [3.05, 3.63) is 53.7 Å². The second kappa shape index (κ2) is 9.75. The standard InChI is InChI=1S/C21H25N3O4/c1-26-18-11-16(12-19(13-18)27-2)4-6-21(25)23-15-17-3-5-20(22-14-17)24-7-9-28-10-8-24/h3-6,11-14H,7-10,15H2,1-2H3,(H,23,25)/b6-4+. The molecular formula is C21H25N3O4. The van der Waals surface area contributed by atoms with Gasteiger partial charge in [-0.05, 0) is 35.4 Å². The molecule has 2 heterocycles. The molecular weight excluding hydrogens is 358 g/mol. The second-order valence-corrected chi connectivity index (χ2v) is 6.32. The van der Waals surface area contributed by atoms with Crippen LogP contribution in [0.5, 0.6) is 11.5 Å². The number of rotatable bonds is 7. The van der Waals surface area contributed by atoms with E-state index in [1.165, 1.54) is 6.08 Å². The molecule has 0 spiro atoms. The molecule has 2 aromatic rings. The van der Waals surface area contributed by atoms with E-state index in [2.05, 4.69) is 15.2 Å². The first-order valence-corrected chi connectivity index (χ1v) is 9.14. The maximum atomic E-state index is 12.1. The number of morpholine rings is 1. The van der Waals surface area contributed by atoms with Gasteiger partial charge in [0, 0.05) is 38.0 Å². The van der Waals surface area contributed by atoms with Gasteiger partial charge in [-0.25, -0.2) is 4.98 Å². The number of ether oxygens (including phenoxy) is 3. The molecule has 3 rings (SSSR count). The maximum absolute atomic E-state index is 12.1. The number of carbonyl (C=O) groups excluding carboxylic acids is 1. The molecule has 7 heteroatoms. The molecule has 1 saturated heterocycles. The van der Waals surface area contributed by atoms with E-state index in [-0.39, 0.29) is 5.91 Å². The third-order valence-corrected chi connectivity index (χ3v) is 4.41. The fraction of sp³-hybridized carbons (Fsp3) is 0.333. The van der Waals surface area contributed by atoms with Gasteiger partial charge in [-0.15, -0.1) is 0 Å². The van der Waals surface area contributed by atoms with Crippen LogP contribution in [0.4, 0.5) is 5.82 Å². The van der Waals surface area contributed by atoms with Crippen molar-refractivity contribution in [1.29, 1.82) is 0 Å². The lowest BCUT2D eigenvalue weighted by Crippen LogP contribution is -2.36. The lowest BCUT2D eigenvalue weighted by atomic mass is 10.2. The zero-order valence-corrected chi connectivity index (χ0v) is 16.2. The van der Waals surface area contributed by atoms with Crippen LogP contribution in [-0.2, 0) is 16.1 Å². The van der Waals surface area contributed by atoms with E-state index in [0.29, 0.717) is 18.0 Å². The molecule has 1 fully saturated rings. The minimum atomic E-state index is -0.181. The fourth-order valence-corrected chi connectivity index (χ4v) is 2.85. The minimum Gasteiger partial charge on any atom is -0.497 e. The number of pyridine rings is 1. The van der Waals surface area contributed by atoms with Crippen LogP contribution >= 0.6 is 0 Å². The molecule has 0 aliphatic carbocycles. The summed E-state index contributed by atoms with van der Waals surface area (Å²) in [6, 6.07) is 9.41. The highest BCUT2D eigenvalue weighted by atomic mass is 16.5. The van der Waals surface area contributed by atoms with Gasteiger partial charge in [-0.3, -0.25) is 4.79 Å². The smallest absolute Gasteiger partial charge is 0.244 e. The van der Waals surface area contributed by atoms with Gasteiger partial charge in [0.2, 0.25) is 5.91 Å². The molecule has 0 radical (unpaired) electrons. The van der Waals surface area contributed by atoms with Gasteiger partial charge >= 0.3 is 0 Å². The zero-order valence-electron chi connectivity index (χ0n) is 16.2. The Morgan fingerprint density at radius 3 is 2.50 bits per heavy atom. The first kappa shape index (κ1) is 19.7. The third kappa shape index (κ3) is 5.47. The summed E-state index contributed by atoms with van der Waals surface area (Å²) in [7, 11) is 3.18. The second-order valence-electron chi connectivity index (χ2n) is 6.32. The van der Waals surface area contributed by atoms with E-state index in [1.807, 2.05) is 24.3 Å². The largest absolute Gasteiger partial charge is 0.497 e. The summed E-state index contributed by atoms with van der Waals surface area (Å²) in [6.45, 7) is 3.57. The van der Waals surface area contributed by atoms with Crippen molar-refractivity contribution in [3.8, 4) is 11.5 Å². The Balaban J connectivity index is 1.53. The molecule has 0 bridgehead atoms. The molecule has 0 atom stereocenters. The molecule has 1 aromatic carbocycles. The molecule has 148 valence electrons. The number of hydrogen-bond acceptors (Lipinski definition) is 6. The van der Waals surface area contributed by atoms with Crippen molar-refractivity contribution in [2.24, 2.45) is 0 Å². The zero-order chi connectivity index (χ0) is 19.8. The average molecular weight is 383 g/mol. The summed E-state index contributed by atoms with van der Waals surface area (Å²) in [4.78, 5) is 18.8. The van der Waals surface area contributed by atoms with Gasteiger partial charge in [-0.2, -0.15) is 0 Å². The fourth-order valence-electron chi connectivity index (χ4n) is 2.85. The SMILES string of the molecule is COc1cc(/C=C/C(=O)NCc2ccc(N3CCOCC3)nc2)cc(OC)c1. The monoisotopic (exact) mass is 383 g/mol. The molecule has 7 nitrogen and oxygen atoms in total. The van der Waals surface area contributed by atoms with E-state index >= 15 is 0 Å². The number of carbonyl (C=O) groups is 1. The van der Waals surface area contributed by atoms with Crippen molar-refractivity contribution < 1.29 is 19.0 Å². The van der Waals surface area contributed by atoms with Crippen LogP contribution < -0.4 is 19.7 Å². The van der Waals surface area contributed by atoms with Crippen LogP contribution in [0.3, 0.4) is 0 Å². The Morgan fingerprint density at radius 1 is 1.18 bits per heavy atom. The number of methoxy groups -OCH3 is 2. The number of amides is 1. The van der Waals surface area contributed by atoms with Gasteiger partial charge < -0.3 is 24.4 Å². The first-order valence-electron chi connectivity index (χ1n) is 9.14. The maximum Gasteiger partial charge on any atom is 0.244 e. The Morgan fingerprint density at radius 2 is 1.89 bits per heavy atom. The summed E-state index contributed by atoms with van der Waals surface area (Å²) >= 11 is 0. The van der Waals surface area contributed by atoms with Crippen molar-refractivity contribution >= 4 is 17.8 Å². The minimum absolute atomic E-state index is 0.181. The Labute approximate surface area is 164 Å². The Hall–Kier alpha value is -3.06. The number of nitrogens with one attached hydrogen (secondary N) is 1. The first-order chi connectivity index (χ1) is 13.7. The lowest BCUT2D eigenvalue weighted by molar-refractivity contribution is -0.116. The van der Waals surface area contributed by atoms with Gasteiger partial charge in [0.05, 0.1) is 27.4 Å². The van der Waals surface area contributed by atoms with Gasteiger partial charge in [-0.1, -0.05) is 6.07 Å². The quantitative estimate of drug-likeness (QED) is 0.740. The Kier molecular flexibility index (Phi) is 6.86. The van der Waals surface area contributed by atoms with Crippen LogP contribution in [0.15, 0.2) is 42.6 Å². The van der Waals surface area contributed by atoms with E-state index < -0.39 is 0 Å². The lowest BCUT2D eigenvalue weighted by Gasteiger charge is -2.27. The average Bonchev–Trinajstić information content (AvgIpc) is 2.77. The molecule has 0 saturated carbocycles. The molecule has 1 aromatic heterocycles. The van der Waals surface area contributed by atoms with Crippen molar-refractivity contribution in [1.82, 2.24) is 10.3 Å². The van der Waals surface area contributed by atoms with Crippen LogP contribution in [0.1, 0.15) is 11.1 Å². The number of hydrogen-bond donors (Lipinski definition) is 1. The van der Waals surface area contributed by atoms with Gasteiger partial charge in [0.1, 0.15) is 17.3 Å². The van der Waals surface area contributed by atoms with Crippen molar-refractivity contribution in [2.45, 2.75) is 6.54 Å². The number of aromatic nitrogens is 1. The van der Waals surface area contributed by atoms with E-state index in [9.17, 15) is 4.79 Å². The molecule has 1 aliphatic heterocycles. The highest BCUT2D eigenvalue weighted by Crippen LogP contribution is 2.23. The van der Waals surface area contributed by atoms with Crippen molar-refractivity contribution in [2.75, 3.05) is 45.4 Å². The molecule has 1 aliphatic rings. The van der Waals surface area contributed by atoms with Crippen LogP contribution in [-0.4, -0.2) is 51.4 Å². The molecule has 1 N–H and O–H groups in total. The normalized spacial score (nSPS) is 14.1. The summed E-state index contributed by atoms with van der Waals surface area (Å²) in [6.07, 6.45) is 5.01. The van der Waals surface area contributed by atoms with E-state index in [1.54, 1.807) is 32.6 Å². The molecule has 1 amide bonds. The van der Waals surface area contributed by atoms with Gasteiger partial charge in [0.15, 0.2) is 0 Å². The molecule has 28 heavy (non-hydrogen) atoms. The summed E-state index contributed by atoms with van der Waals surface area (Å²) < 4.78 is 15.8. The van der Waals surface area contributed by atoms with Gasteiger partial charge in [0.25, 0.3) is 0 Å². The number of benzene rings is 1. The Bertz CT molecular complexity index is 793. The predicted molar refractivity (Wildman–Crippen MR) is 108 cm³/mol. The highest BCUT2D eigenvalue weighted by Gasteiger charge is 2.11. The van der Waals surface area contributed by atoms with Crippen LogP contribution in [0.2, 0.25) is 0 Å². The van der Waals surface area contributed by atoms with E-state index in [0.717, 1.165) is 43.2 Å².